The maximum atomic E-state index is 13.1. The molecule has 0 aromatic heterocycles. The number of carbonyl (C=O) groups excluding carboxylic acids is 2. The molecule has 1 fully saturated rings. The lowest BCUT2D eigenvalue weighted by atomic mass is 9.97. The highest BCUT2D eigenvalue weighted by Gasteiger charge is 2.34. The average molecular weight is 255 g/mol. The van der Waals surface area contributed by atoms with Crippen LogP contribution in [0.3, 0.4) is 0 Å². The van der Waals surface area contributed by atoms with Gasteiger partial charge in [0.25, 0.3) is 5.91 Å². The molecule has 6 nitrogen and oxygen atoms in total. The number of carbonyl (C=O) groups is 2. The van der Waals surface area contributed by atoms with Crippen molar-refractivity contribution in [1.82, 2.24) is 0 Å². The number of nitrogens with zero attached hydrogens (tertiary/aromatic N) is 1. The number of esters is 1. The summed E-state index contributed by atoms with van der Waals surface area (Å²) in [4.78, 5) is 32.7. The summed E-state index contributed by atoms with van der Waals surface area (Å²) in [6, 6.07) is 0. The molecule has 96 valence electrons. The first-order chi connectivity index (χ1) is 8.61. The van der Waals surface area contributed by atoms with Crippen molar-refractivity contribution in [3.8, 4) is 0 Å². The maximum absolute atomic E-state index is 13.1. The van der Waals surface area contributed by atoms with E-state index in [2.05, 4.69) is 9.91 Å². The molecule has 0 saturated carbocycles. The molecule has 1 heterocycles. The van der Waals surface area contributed by atoms with Crippen LogP contribution in [0.25, 0.3) is 0 Å². The average Bonchev–Trinajstić information content (AvgIpc) is 2.74. The number of ether oxygens (including phenoxy) is 2. The number of hydrogen-bond acceptors (Lipinski definition) is 5. The summed E-state index contributed by atoms with van der Waals surface area (Å²) in [5, 5.41) is 2.30. The van der Waals surface area contributed by atoms with Gasteiger partial charge in [0.05, 0.1) is 6.61 Å². The first kappa shape index (κ1) is 12.4. The van der Waals surface area contributed by atoms with Gasteiger partial charge >= 0.3 is 5.97 Å². The molecular formula is C11H10FNO5. The highest BCUT2D eigenvalue weighted by Crippen LogP contribution is 2.29. The van der Waals surface area contributed by atoms with E-state index >= 15 is 0 Å². The smallest absolute Gasteiger partial charge is 0.347 e. The highest BCUT2D eigenvalue weighted by atomic mass is 19.1. The Kier molecular flexibility index (Phi) is 3.50. The molecule has 2 aliphatic rings. The van der Waals surface area contributed by atoms with Gasteiger partial charge in [-0.3, -0.25) is 4.79 Å². The normalized spacial score (nSPS) is 27.1. The van der Waals surface area contributed by atoms with Crippen molar-refractivity contribution in [2.75, 3.05) is 6.61 Å². The van der Waals surface area contributed by atoms with E-state index in [-0.39, 0.29) is 18.8 Å². The Labute approximate surface area is 101 Å². The topological polar surface area (TPSA) is 82.0 Å². The molecular weight excluding hydrogens is 245 g/mol. The van der Waals surface area contributed by atoms with E-state index in [4.69, 9.17) is 4.74 Å². The van der Waals surface area contributed by atoms with Crippen molar-refractivity contribution in [3.05, 3.63) is 28.6 Å². The SMILES string of the molecule is O=NC(=O)C1CC=C(F)C=C1OC1CCOC1=O. The van der Waals surface area contributed by atoms with Gasteiger partial charge in [0.1, 0.15) is 17.5 Å². The third kappa shape index (κ3) is 2.44. The number of rotatable bonds is 3. The lowest BCUT2D eigenvalue weighted by Crippen LogP contribution is -2.25. The molecule has 2 unspecified atom stereocenters. The van der Waals surface area contributed by atoms with Gasteiger partial charge in [-0.2, -0.15) is 0 Å². The van der Waals surface area contributed by atoms with Crippen molar-refractivity contribution < 1.29 is 23.5 Å². The molecule has 1 amide bonds. The van der Waals surface area contributed by atoms with Crippen LogP contribution in [0.1, 0.15) is 12.8 Å². The van der Waals surface area contributed by atoms with E-state index in [1.165, 1.54) is 0 Å². The Morgan fingerprint density at radius 3 is 2.94 bits per heavy atom. The van der Waals surface area contributed by atoms with E-state index in [1.54, 1.807) is 0 Å². The Morgan fingerprint density at radius 1 is 1.56 bits per heavy atom. The van der Waals surface area contributed by atoms with E-state index in [9.17, 15) is 18.9 Å². The molecule has 0 aromatic rings. The lowest BCUT2D eigenvalue weighted by molar-refractivity contribution is -0.146. The summed E-state index contributed by atoms with van der Waals surface area (Å²) < 4.78 is 23.1. The van der Waals surface area contributed by atoms with Crippen LogP contribution < -0.4 is 0 Å². The summed E-state index contributed by atoms with van der Waals surface area (Å²) in [6.07, 6.45) is 1.61. The molecule has 18 heavy (non-hydrogen) atoms. The summed E-state index contributed by atoms with van der Waals surface area (Å²) in [7, 11) is 0. The number of hydrogen-bond donors (Lipinski definition) is 0. The lowest BCUT2D eigenvalue weighted by Gasteiger charge is -2.20. The van der Waals surface area contributed by atoms with Crippen LogP contribution in [0.2, 0.25) is 0 Å². The minimum atomic E-state index is -0.963. The maximum Gasteiger partial charge on any atom is 0.347 e. The van der Waals surface area contributed by atoms with Crippen LogP contribution in [0.5, 0.6) is 0 Å². The van der Waals surface area contributed by atoms with E-state index in [0.717, 1.165) is 12.2 Å². The summed E-state index contributed by atoms with van der Waals surface area (Å²) in [5.74, 6) is -3.10. The summed E-state index contributed by atoms with van der Waals surface area (Å²) in [6.45, 7) is 0.222. The molecule has 0 spiro atoms. The van der Waals surface area contributed by atoms with Crippen molar-refractivity contribution in [3.63, 3.8) is 0 Å². The van der Waals surface area contributed by atoms with Crippen molar-refractivity contribution in [2.24, 2.45) is 11.1 Å². The second-order valence-corrected chi connectivity index (χ2v) is 3.92. The largest absolute Gasteiger partial charge is 0.482 e. The van der Waals surface area contributed by atoms with Crippen molar-refractivity contribution in [1.29, 1.82) is 0 Å². The monoisotopic (exact) mass is 255 g/mol. The van der Waals surface area contributed by atoms with Crippen LogP contribution in [-0.2, 0) is 19.1 Å². The first-order valence-electron chi connectivity index (χ1n) is 5.39. The molecule has 2 atom stereocenters. The van der Waals surface area contributed by atoms with Gasteiger partial charge in [0.15, 0.2) is 6.10 Å². The summed E-state index contributed by atoms with van der Waals surface area (Å²) >= 11 is 0. The standard InChI is InChI=1S/C11H10FNO5/c12-6-1-2-7(10(14)13-16)9(5-6)18-8-3-4-17-11(8)15/h1,5,7-8H,2-4H2. The van der Waals surface area contributed by atoms with E-state index < -0.39 is 29.7 Å². The van der Waals surface area contributed by atoms with Crippen LogP contribution in [0, 0.1) is 10.8 Å². The van der Waals surface area contributed by atoms with Crippen LogP contribution >= 0.6 is 0 Å². The Morgan fingerprint density at radius 2 is 2.33 bits per heavy atom. The second-order valence-electron chi connectivity index (χ2n) is 3.92. The minimum Gasteiger partial charge on any atom is -0.482 e. The van der Waals surface area contributed by atoms with Gasteiger partial charge in [0, 0.05) is 17.7 Å². The molecule has 2 rings (SSSR count). The van der Waals surface area contributed by atoms with E-state index in [1.807, 2.05) is 0 Å². The van der Waals surface area contributed by atoms with E-state index in [0.29, 0.717) is 6.42 Å². The highest BCUT2D eigenvalue weighted by molar-refractivity contribution is 5.82. The predicted octanol–water partition coefficient (Wildman–Crippen LogP) is 1.37. The third-order valence-electron chi connectivity index (χ3n) is 2.73. The van der Waals surface area contributed by atoms with Gasteiger partial charge in [0.2, 0.25) is 0 Å². The molecule has 0 bridgehead atoms. The fourth-order valence-corrected chi connectivity index (χ4v) is 1.79. The number of amides is 1. The quantitative estimate of drug-likeness (QED) is 0.561. The Bertz CT molecular complexity index is 456. The number of halogens is 1. The zero-order valence-corrected chi connectivity index (χ0v) is 9.30. The van der Waals surface area contributed by atoms with Crippen LogP contribution in [0.4, 0.5) is 4.39 Å². The van der Waals surface area contributed by atoms with Crippen LogP contribution in [-0.4, -0.2) is 24.6 Å². The Hall–Kier alpha value is -2.05. The predicted molar refractivity (Wildman–Crippen MR) is 56.6 cm³/mol. The van der Waals surface area contributed by atoms with Gasteiger partial charge in [-0.15, -0.1) is 4.91 Å². The molecule has 0 aromatic carbocycles. The third-order valence-corrected chi connectivity index (χ3v) is 2.73. The molecule has 1 saturated heterocycles. The van der Waals surface area contributed by atoms with Gasteiger partial charge in [-0.25, -0.2) is 9.18 Å². The number of allylic oxidation sites excluding steroid dienone is 3. The van der Waals surface area contributed by atoms with Gasteiger partial charge < -0.3 is 9.47 Å². The summed E-state index contributed by atoms with van der Waals surface area (Å²) in [5.41, 5.74) is 0. The minimum absolute atomic E-state index is 0.00991. The molecule has 1 aliphatic heterocycles. The van der Waals surface area contributed by atoms with Gasteiger partial charge in [-0.1, -0.05) is 0 Å². The zero-order valence-electron chi connectivity index (χ0n) is 9.30. The first-order valence-corrected chi connectivity index (χ1v) is 5.39. The van der Waals surface area contributed by atoms with Crippen molar-refractivity contribution in [2.45, 2.75) is 18.9 Å². The number of cyclic esters (lactones) is 1. The molecule has 1 aliphatic carbocycles. The fraction of sp³-hybridized carbons (Fsp3) is 0.455. The second kappa shape index (κ2) is 5.07. The number of nitroso groups, excluding NO2 is 1. The molecule has 0 N–H and O–H groups in total. The van der Waals surface area contributed by atoms with Crippen molar-refractivity contribution >= 4 is 11.9 Å². The Balaban J connectivity index is 2.15. The molecule has 7 heteroatoms. The van der Waals surface area contributed by atoms with Crippen LogP contribution in [0.15, 0.2) is 28.9 Å². The fourth-order valence-electron chi connectivity index (χ4n) is 1.79. The molecule has 0 radical (unpaired) electrons. The zero-order chi connectivity index (χ0) is 13.1. The van der Waals surface area contributed by atoms with Gasteiger partial charge in [-0.05, 0) is 12.5 Å².